The number of rotatable bonds is 5. The Hall–Kier alpha value is -3.16. The Morgan fingerprint density at radius 1 is 1.08 bits per heavy atom. The van der Waals surface area contributed by atoms with Crippen molar-refractivity contribution >= 4 is 5.91 Å². The van der Waals surface area contributed by atoms with Crippen LogP contribution in [-0.2, 0) is 23.9 Å². The van der Waals surface area contributed by atoms with Crippen molar-refractivity contribution in [3.05, 3.63) is 71.6 Å². The molecular formula is C18H14F3N3O2. The van der Waals surface area contributed by atoms with E-state index in [4.69, 9.17) is 4.52 Å². The largest absolute Gasteiger partial charge is 0.416 e. The number of halogens is 3. The van der Waals surface area contributed by atoms with Crippen LogP contribution in [0.1, 0.15) is 16.9 Å². The quantitative estimate of drug-likeness (QED) is 0.754. The number of hydrogen-bond acceptors (Lipinski definition) is 4. The van der Waals surface area contributed by atoms with E-state index in [1.165, 1.54) is 12.1 Å². The Balaban J connectivity index is 1.57. The lowest BCUT2D eigenvalue weighted by Crippen LogP contribution is -2.24. The monoisotopic (exact) mass is 361 g/mol. The highest BCUT2D eigenvalue weighted by Crippen LogP contribution is 2.29. The van der Waals surface area contributed by atoms with Crippen LogP contribution in [0.15, 0.2) is 59.3 Å². The van der Waals surface area contributed by atoms with Crippen molar-refractivity contribution in [3.63, 3.8) is 0 Å². The molecule has 0 aliphatic carbocycles. The van der Waals surface area contributed by atoms with Gasteiger partial charge < -0.3 is 9.84 Å². The van der Waals surface area contributed by atoms with Crippen molar-refractivity contribution in [2.75, 3.05) is 0 Å². The first-order valence-electron chi connectivity index (χ1n) is 7.71. The highest BCUT2D eigenvalue weighted by Gasteiger charge is 2.30. The van der Waals surface area contributed by atoms with Crippen molar-refractivity contribution in [2.45, 2.75) is 19.1 Å². The summed E-state index contributed by atoms with van der Waals surface area (Å²) in [5.41, 5.74) is 0.674. The summed E-state index contributed by atoms with van der Waals surface area (Å²) < 4.78 is 43.2. The standard InChI is InChI=1S/C18H14F3N3O2/c19-18(20,21)13-5-3-4-12(8-13)9-17(25)23-11-14-10-16(24-26-14)15-6-1-2-7-22-15/h1-8,10H,9,11H2,(H,23,25). The van der Waals surface area contributed by atoms with Gasteiger partial charge in [-0.2, -0.15) is 13.2 Å². The first-order chi connectivity index (χ1) is 12.4. The maximum Gasteiger partial charge on any atom is 0.416 e. The van der Waals surface area contributed by atoms with Crippen LogP contribution in [0, 0.1) is 0 Å². The second kappa shape index (κ2) is 7.38. The molecule has 26 heavy (non-hydrogen) atoms. The third kappa shape index (κ3) is 4.47. The van der Waals surface area contributed by atoms with Gasteiger partial charge in [0.25, 0.3) is 0 Å². The summed E-state index contributed by atoms with van der Waals surface area (Å²) >= 11 is 0. The molecule has 0 radical (unpaired) electrons. The molecule has 0 aliphatic rings. The molecule has 1 aromatic carbocycles. The maximum atomic E-state index is 12.7. The molecule has 1 amide bonds. The van der Waals surface area contributed by atoms with Gasteiger partial charge in [0.05, 0.1) is 24.2 Å². The summed E-state index contributed by atoms with van der Waals surface area (Å²) in [6.07, 6.45) is -2.97. The topological polar surface area (TPSA) is 68.0 Å². The van der Waals surface area contributed by atoms with Crippen LogP contribution in [0.5, 0.6) is 0 Å². The van der Waals surface area contributed by atoms with E-state index < -0.39 is 17.6 Å². The molecule has 0 spiro atoms. The molecule has 0 saturated carbocycles. The molecule has 0 saturated heterocycles. The SMILES string of the molecule is O=C(Cc1cccc(C(F)(F)F)c1)NCc1cc(-c2ccccn2)no1. The van der Waals surface area contributed by atoms with Gasteiger partial charge in [-0.3, -0.25) is 9.78 Å². The lowest BCUT2D eigenvalue weighted by molar-refractivity contribution is -0.137. The van der Waals surface area contributed by atoms with E-state index in [1.807, 2.05) is 6.07 Å². The van der Waals surface area contributed by atoms with Gasteiger partial charge in [0, 0.05) is 12.3 Å². The minimum absolute atomic E-state index is 0.0810. The molecule has 3 aromatic rings. The van der Waals surface area contributed by atoms with E-state index in [1.54, 1.807) is 24.4 Å². The molecule has 0 unspecified atom stereocenters. The minimum atomic E-state index is -4.44. The van der Waals surface area contributed by atoms with Crippen LogP contribution in [0.3, 0.4) is 0 Å². The molecule has 0 fully saturated rings. The minimum Gasteiger partial charge on any atom is -0.359 e. The molecule has 134 valence electrons. The fraction of sp³-hybridized carbons (Fsp3) is 0.167. The van der Waals surface area contributed by atoms with Gasteiger partial charge >= 0.3 is 6.18 Å². The van der Waals surface area contributed by atoms with E-state index in [0.717, 1.165) is 12.1 Å². The first kappa shape index (κ1) is 17.7. The fourth-order valence-electron chi connectivity index (χ4n) is 2.32. The third-order valence-electron chi connectivity index (χ3n) is 3.57. The van der Waals surface area contributed by atoms with Crippen LogP contribution < -0.4 is 5.32 Å². The molecule has 8 heteroatoms. The predicted molar refractivity (Wildman–Crippen MR) is 86.7 cm³/mol. The van der Waals surface area contributed by atoms with Crippen LogP contribution >= 0.6 is 0 Å². The van der Waals surface area contributed by atoms with Gasteiger partial charge in [-0.1, -0.05) is 29.4 Å². The molecule has 0 bridgehead atoms. The number of carbonyl (C=O) groups excluding carboxylic acids is 1. The van der Waals surface area contributed by atoms with E-state index in [9.17, 15) is 18.0 Å². The normalized spacial score (nSPS) is 11.3. The smallest absolute Gasteiger partial charge is 0.359 e. The number of amides is 1. The Morgan fingerprint density at radius 2 is 1.92 bits per heavy atom. The fourth-order valence-corrected chi connectivity index (χ4v) is 2.32. The Morgan fingerprint density at radius 3 is 2.65 bits per heavy atom. The van der Waals surface area contributed by atoms with Gasteiger partial charge in [0.15, 0.2) is 5.76 Å². The maximum absolute atomic E-state index is 12.7. The Labute approximate surface area is 146 Å². The highest BCUT2D eigenvalue weighted by molar-refractivity contribution is 5.78. The number of benzene rings is 1. The third-order valence-corrected chi connectivity index (χ3v) is 3.57. The number of nitrogens with one attached hydrogen (secondary N) is 1. The summed E-state index contributed by atoms with van der Waals surface area (Å²) in [7, 11) is 0. The zero-order chi connectivity index (χ0) is 18.6. The van der Waals surface area contributed by atoms with Gasteiger partial charge in [-0.05, 0) is 23.8 Å². The number of aromatic nitrogens is 2. The lowest BCUT2D eigenvalue weighted by Gasteiger charge is -2.08. The van der Waals surface area contributed by atoms with E-state index in [-0.39, 0.29) is 18.5 Å². The molecule has 2 aromatic heterocycles. The van der Waals surface area contributed by atoms with Crippen molar-refractivity contribution in [1.29, 1.82) is 0 Å². The van der Waals surface area contributed by atoms with Gasteiger partial charge in [0.2, 0.25) is 5.91 Å². The zero-order valence-electron chi connectivity index (χ0n) is 13.5. The van der Waals surface area contributed by atoms with Crippen LogP contribution in [0.2, 0.25) is 0 Å². The van der Waals surface area contributed by atoms with Gasteiger partial charge in [0.1, 0.15) is 5.69 Å². The second-order valence-electron chi connectivity index (χ2n) is 5.55. The summed E-state index contributed by atoms with van der Waals surface area (Å²) in [5, 5.41) is 6.47. The number of pyridine rings is 1. The average molecular weight is 361 g/mol. The molecule has 0 aliphatic heterocycles. The number of hydrogen-bond donors (Lipinski definition) is 1. The summed E-state index contributed by atoms with van der Waals surface area (Å²) in [6, 6.07) is 11.7. The zero-order valence-corrected chi connectivity index (χ0v) is 13.5. The van der Waals surface area contributed by atoms with E-state index in [0.29, 0.717) is 17.1 Å². The summed E-state index contributed by atoms with van der Waals surface area (Å²) in [4.78, 5) is 16.1. The van der Waals surface area contributed by atoms with Crippen LogP contribution in [0.4, 0.5) is 13.2 Å². The second-order valence-corrected chi connectivity index (χ2v) is 5.55. The van der Waals surface area contributed by atoms with Crippen LogP contribution in [-0.4, -0.2) is 16.0 Å². The molecular weight excluding hydrogens is 347 g/mol. The van der Waals surface area contributed by atoms with Gasteiger partial charge in [-0.25, -0.2) is 0 Å². The average Bonchev–Trinajstić information content (AvgIpc) is 3.09. The lowest BCUT2D eigenvalue weighted by atomic mass is 10.1. The molecule has 0 atom stereocenters. The van der Waals surface area contributed by atoms with Crippen molar-refractivity contribution in [1.82, 2.24) is 15.5 Å². The van der Waals surface area contributed by atoms with E-state index in [2.05, 4.69) is 15.5 Å². The molecule has 1 N–H and O–H groups in total. The molecule has 5 nitrogen and oxygen atoms in total. The van der Waals surface area contributed by atoms with E-state index >= 15 is 0 Å². The number of alkyl halides is 3. The Bertz CT molecular complexity index is 892. The first-order valence-corrected chi connectivity index (χ1v) is 7.71. The predicted octanol–water partition coefficient (Wildman–Crippen LogP) is 3.61. The number of nitrogens with zero attached hydrogens (tertiary/aromatic N) is 2. The van der Waals surface area contributed by atoms with Crippen molar-refractivity contribution in [3.8, 4) is 11.4 Å². The highest BCUT2D eigenvalue weighted by atomic mass is 19.4. The van der Waals surface area contributed by atoms with Crippen molar-refractivity contribution < 1.29 is 22.5 Å². The van der Waals surface area contributed by atoms with Crippen molar-refractivity contribution in [2.24, 2.45) is 0 Å². The van der Waals surface area contributed by atoms with Gasteiger partial charge in [-0.15, -0.1) is 0 Å². The summed E-state index contributed by atoms with van der Waals surface area (Å²) in [5.74, 6) is 0.00292. The summed E-state index contributed by atoms with van der Waals surface area (Å²) in [6.45, 7) is 0.0810. The number of carbonyl (C=O) groups is 1. The molecule has 2 heterocycles. The molecule has 3 rings (SSSR count). The Kier molecular flexibility index (Phi) is 5.01. The van der Waals surface area contributed by atoms with Crippen LogP contribution in [0.25, 0.3) is 11.4 Å².